The summed E-state index contributed by atoms with van der Waals surface area (Å²) in [7, 11) is 0. The first-order valence-electron chi connectivity index (χ1n) is 4.26. The Balaban J connectivity index is 2.48. The van der Waals surface area contributed by atoms with E-state index in [2.05, 4.69) is 0 Å². The van der Waals surface area contributed by atoms with Gasteiger partial charge >= 0.3 is 5.97 Å². The Kier molecular flexibility index (Phi) is 3.22. The Hall–Kier alpha value is -0.900. The lowest BCUT2D eigenvalue weighted by Crippen LogP contribution is -2.88. The summed E-state index contributed by atoms with van der Waals surface area (Å²) in [6.07, 6.45) is 0.623. The molecule has 0 radical (unpaired) electrons. The number of carbonyl (C=O) groups excluding carboxylic acids is 2. The van der Waals surface area contributed by atoms with Crippen LogP contribution < -0.4 is 5.32 Å². The third-order valence-corrected chi connectivity index (χ3v) is 1.96. The van der Waals surface area contributed by atoms with E-state index in [1.807, 2.05) is 5.32 Å². The van der Waals surface area contributed by atoms with Gasteiger partial charge in [-0.15, -0.1) is 0 Å². The van der Waals surface area contributed by atoms with E-state index >= 15 is 0 Å². The first-order valence-corrected chi connectivity index (χ1v) is 4.26. The number of piperidine rings is 1. The minimum Gasteiger partial charge on any atom is -0.465 e. The lowest BCUT2D eigenvalue weighted by atomic mass is 9.97. The zero-order chi connectivity index (χ0) is 8.97. The minimum atomic E-state index is -0.491. The number of hydrogen-bond donors (Lipinski definition) is 1. The lowest BCUT2D eigenvalue weighted by Gasteiger charge is -2.16. The van der Waals surface area contributed by atoms with Gasteiger partial charge in [0.1, 0.15) is 12.5 Å². The zero-order valence-electron chi connectivity index (χ0n) is 7.21. The summed E-state index contributed by atoms with van der Waals surface area (Å²) in [6, 6.07) is 0. The van der Waals surface area contributed by atoms with Gasteiger partial charge in [-0.1, -0.05) is 0 Å². The number of Topliss-reactive ketones (excluding diaryl/α,β-unsaturated/α-hetero) is 1. The van der Waals surface area contributed by atoms with Crippen molar-refractivity contribution in [3.63, 3.8) is 0 Å². The highest BCUT2D eigenvalue weighted by atomic mass is 16.5. The van der Waals surface area contributed by atoms with Crippen LogP contribution >= 0.6 is 0 Å². The molecule has 1 rings (SSSR count). The summed E-state index contributed by atoms with van der Waals surface area (Å²) < 4.78 is 4.78. The molecule has 68 valence electrons. The number of ketones is 1. The Morgan fingerprint density at radius 1 is 1.75 bits per heavy atom. The molecule has 1 heterocycles. The largest absolute Gasteiger partial charge is 0.465 e. The smallest absolute Gasteiger partial charge is 0.316 e. The number of rotatable bonds is 2. The molecule has 0 unspecified atom stereocenters. The highest BCUT2D eigenvalue weighted by molar-refractivity contribution is 5.99. The molecule has 0 saturated carbocycles. The highest BCUT2D eigenvalue weighted by Gasteiger charge is 2.31. The van der Waals surface area contributed by atoms with Crippen LogP contribution in [0.15, 0.2) is 0 Å². The Bertz CT molecular complexity index is 191. The standard InChI is InChI=1S/C8H13NO3/c1-2-12-8(11)6-3-4-9-5-7(6)10/h6,9H,2-5H2,1H3/p+1/t6-/m0/s1. The van der Waals surface area contributed by atoms with Crippen LogP contribution in [0.4, 0.5) is 0 Å². The lowest BCUT2D eigenvalue weighted by molar-refractivity contribution is -0.649. The van der Waals surface area contributed by atoms with E-state index in [-0.39, 0.29) is 11.8 Å². The molecule has 12 heavy (non-hydrogen) atoms. The highest BCUT2D eigenvalue weighted by Crippen LogP contribution is 2.07. The van der Waals surface area contributed by atoms with E-state index < -0.39 is 5.92 Å². The molecule has 0 amide bonds. The van der Waals surface area contributed by atoms with Crippen molar-refractivity contribution in [2.24, 2.45) is 5.92 Å². The summed E-state index contributed by atoms with van der Waals surface area (Å²) in [5, 5.41) is 1.91. The van der Waals surface area contributed by atoms with E-state index in [1.165, 1.54) is 0 Å². The number of esters is 1. The van der Waals surface area contributed by atoms with Crippen LogP contribution in [0.5, 0.6) is 0 Å². The van der Waals surface area contributed by atoms with Crippen LogP contribution in [0, 0.1) is 5.92 Å². The normalized spacial score (nSPS) is 23.8. The number of quaternary nitrogens is 1. The van der Waals surface area contributed by atoms with Gasteiger partial charge in [0.15, 0.2) is 0 Å². The Morgan fingerprint density at radius 2 is 2.50 bits per heavy atom. The van der Waals surface area contributed by atoms with E-state index in [1.54, 1.807) is 6.92 Å². The predicted octanol–water partition coefficient (Wildman–Crippen LogP) is -1.30. The second-order valence-corrected chi connectivity index (χ2v) is 2.84. The molecule has 1 saturated heterocycles. The fourth-order valence-corrected chi connectivity index (χ4v) is 1.32. The summed E-state index contributed by atoms with van der Waals surface area (Å²) in [5.41, 5.74) is 0. The molecule has 1 atom stereocenters. The maximum Gasteiger partial charge on any atom is 0.316 e. The molecule has 1 aliphatic heterocycles. The van der Waals surface area contributed by atoms with Gasteiger partial charge in [-0.25, -0.2) is 0 Å². The molecular formula is C8H14NO3+. The molecule has 0 aromatic heterocycles. The first-order chi connectivity index (χ1) is 5.75. The SMILES string of the molecule is CCOC(=O)[C@H]1CC[NH2+]CC1=O. The van der Waals surface area contributed by atoms with Crippen molar-refractivity contribution < 1.29 is 19.6 Å². The second kappa shape index (κ2) is 4.21. The summed E-state index contributed by atoms with van der Waals surface area (Å²) in [4.78, 5) is 22.3. The second-order valence-electron chi connectivity index (χ2n) is 2.84. The van der Waals surface area contributed by atoms with Gasteiger partial charge in [0, 0.05) is 6.42 Å². The van der Waals surface area contributed by atoms with Crippen molar-refractivity contribution in [2.45, 2.75) is 13.3 Å². The molecule has 4 heteroatoms. The zero-order valence-corrected chi connectivity index (χ0v) is 7.21. The monoisotopic (exact) mass is 172 g/mol. The summed E-state index contributed by atoms with van der Waals surface area (Å²) in [5.74, 6) is -0.842. The topological polar surface area (TPSA) is 60.0 Å². The van der Waals surface area contributed by atoms with Gasteiger partial charge in [0.05, 0.1) is 13.2 Å². The molecule has 1 fully saturated rings. The Labute approximate surface area is 71.3 Å². The number of hydrogen-bond acceptors (Lipinski definition) is 3. The van der Waals surface area contributed by atoms with Crippen molar-refractivity contribution in [1.82, 2.24) is 0 Å². The maximum atomic E-state index is 11.2. The van der Waals surface area contributed by atoms with Crippen molar-refractivity contribution >= 4 is 11.8 Å². The third-order valence-electron chi connectivity index (χ3n) is 1.96. The van der Waals surface area contributed by atoms with Gasteiger partial charge in [-0.2, -0.15) is 0 Å². The van der Waals surface area contributed by atoms with E-state index in [0.717, 1.165) is 6.54 Å². The molecule has 2 N–H and O–H groups in total. The van der Waals surface area contributed by atoms with Crippen LogP contribution in [0.25, 0.3) is 0 Å². The third kappa shape index (κ3) is 2.04. The maximum absolute atomic E-state index is 11.2. The predicted molar refractivity (Wildman–Crippen MR) is 41.4 cm³/mol. The van der Waals surface area contributed by atoms with Gasteiger partial charge in [0.25, 0.3) is 0 Å². The van der Waals surface area contributed by atoms with Crippen molar-refractivity contribution in [2.75, 3.05) is 19.7 Å². The summed E-state index contributed by atoms with van der Waals surface area (Å²) in [6.45, 7) is 3.36. The number of ether oxygens (including phenoxy) is 1. The van der Waals surface area contributed by atoms with Crippen LogP contribution in [-0.4, -0.2) is 31.4 Å². The van der Waals surface area contributed by atoms with Crippen LogP contribution in [0.3, 0.4) is 0 Å². The van der Waals surface area contributed by atoms with Gasteiger partial charge in [-0.3, -0.25) is 9.59 Å². The van der Waals surface area contributed by atoms with E-state index in [0.29, 0.717) is 19.6 Å². The van der Waals surface area contributed by atoms with Crippen LogP contribution in [-0.2, 0) is 14.3 Å². The average Bonchev–Trinajstić information content (AvgIpc) is 2.05. The molecule has 0 bridgehead atoms. The first kappa shape index (κ1) is 9.19. The van der Waals surface area contributed by atoms with E-state index in [9.17, 15) is 9.59 Å². The molecule has 0 spiro atoms. The van der Waals surface area contributed by atoms with Crippen molar-refractivity contribution in [1.29, 1.82) is 0 Å². The minimum absolute atomic E-state index is 0.000278. The van der Waals surface area contributed by atoms with Crippen LogP contribution in [0.1, 0.15) is 13.3 Å². The Morgan fingerprint density at radius 3 is 3.08 bits per heavy atom. The molecule has 0 aromatic rings. The van der Waals surface area contributed by atoms with Gasteiger partial charge < -0.3 is 10.1 Å². The van der Waals surface area contributed by atoms with Crippen LogP contribution in [0.2, 0.25) is 0 Å². The molecule has 4 nitrogen and oxygen atoms in total. The molecule has 0 aromatic carbocycles. The fraction of sp³-hybridized carbons (Fsp3) is 0.750. The molecule has 0 aliphatic carbocycles. The van der Waals surface area contributed by atoms with Crippen molar-refractivity contribution in [3.8, 4) is 0 Å². The van der Waals surface area contributed by atoms with Gasteiger partial charge in [0.2, 0.25) is 5.78 Å². The molecule has 1 aliphatic rings. The van der Waals surface area contributed by atoms with Gasteiger partial charge in [-0.05, 0) is 6.92 Å². The van der Waals surface area contributed by atoms with E-state index in [4.69, 9.17) is 4.74 Å². The fourth-order valence-electron chi connectivity index (χ4n) is 1.32. The quantitative estimate of drug-likeness (QED) is 0.416. The average molecular weight is 172 g/mol. The number of nitrogens with two attached hydrogens (primary N) is 1. The molecular weight excluding hydrogens is 158 g/mol. The number of carbonyl (C=O) groups is 2. The summed E-state index contributed by atoms with van der Waals surface area (Å²) >= 11 is 0. The van der Waals surface area contributed by atoms with Crippen molar-refractivity contribution in [3.05, 3.63) is 0 Å².